The largest absolute Gasteiger partial charge is 0.465 e. The van der Waals surface area contributed by atoms with Crippen LogP contribution in [0.4, 0.5) is 4.79 Å². The van der Waals surface area contributed by atoms with Crippen LogP contribution in [0.5, 0.6) is 0 Å². The zero-order valence-electron chi connectivity index (χ0n) is 15.6. The van der Waals surface area contributed by atoms with Crippen molar-refractivity contribution in [2.24, 2.45) is 5.92 Å². The quantitative estimate of drug-likeness (QED) is 0.878. The van der Waals surface area contributed by atoms with E-state index in [-0.39, 0.29) is 16.9 Å². The predicted octanol–water partition coefficient (Wildman–Crippen LogP) is 2.82. The molecule has 1 saturated heterocycles. The van der Waals surface area contributed by atoms with Crippen molar-refractivity contribution in [1.29, 1.82) is 0 Å². The molecule has 1 N–H and O–H groups in total. The number of amides is 1. The van der Waals surface area contributed by atoms with Crippen LogP contribution in [0.3, 0.4) is 0 Å². The van der Waals surface area contributed by atoms with Gasteiger partial charge < -0.3 is 14.1 Å². The highest BCUT2D eigenvalue weighted by Gasteiger charge is 2.28. The smallest absolute Gasteiger partial charge is 0.410 e. The standard InChI is InChI=1S/C17H28N2O5S/c1-12-10-15(13(2)23-12)25(21,22)18-11-14-6-8-19(9-7-14)16(20)24-17(3,4)5/h10,14,18H,6-9,11H2,1-5H3. The molecule has 0 aromatic carbocycles. The van der Waals surface area contributed by atoms with Crippen LogP contribution in [0.15, 0.2) is 15.4 Å². The van der Waals surface area contributed by atoms with Crippen molar-refractivity contribution in [2.45, 2.75) is 58.0 Å². The van der Waals surface area contributed by atoms with Crippen LogP contribution >= 0.6 is 0 Å². The fourth-order valence-electron chi connectivity index (χ4n) is 2.83. The van der Waals surface area contributed by atoms with E-state index in [1.165, 1.54) is 6.07 Å². The molecule has 0 spiro atoms. The van der Waals surface area contributed by atoms with Crippen molar-refractivity contribution in [3.63, 3.8) is 0 Å². The van der Waals surface area contributed by atoms with E-state index in [1.54, 1.807) is 18.7 Å². The van der Waals surface area contributed by atoms with Crippen LogP contribution in [0.2, 0.25) is 0 Å². The van der Waals surface area contributed by atoms with Gasteiger partial charge in [-0.2, -0.15) is 0 Å². The Morgan fingerprint density at radius 3 is 2.40 bits per heavy atom. The van der Waals surface area contributed by atoms with Crippen LogP contribution in [0.1, 0.15) is 45.1 Å². The molecular weight excluding hydrogens is 344 g/mol. The highest BCUT2D eigenvalue weighted by atomic mass is 32.2. The molecule has 0 bridgehead atoms. The fourth-order valence-corrected chi connectivity index (χ4v) is 4.18. The lowest BCUT2D eigenvalue weighted by Gasteiger charge is -2.33. The topological polar surface area (TPSA) is 88.9 Å². The second kappa shape index (κ2) is 7.37. The second-order valence-electron chi connectivity index (χ2n) is 7.54. The number of nitrogens with zero attached hydrogens (tertiary/aromatic N) is 1. The average Bonchev–Trinajstić information content (AvgIpc) is 2.83. The molecule has 142 valence electrons. The van der Waals surface area contributed by atoms with Crippen molar-refractivity contribution in [3.05, 3.63) is 17.6 Å². The molecule has 2 heterocycles. The molecule has 1 aliphatic rings. The molecule has 1 fully saturated rings. The number of aryl methyl sites for hydroxylation is 2. The van der Waals surface area contributed by atoms with Gasteiger partial charge in [0.25, 0.3) is 0 Å². The highest BCUT2D eigenvalue weighted by Crippen LogP contribution is 2.22. The van der Waals surface area contributed by atoms with Gasteiger partial charge >= 0.3 is 6.09 Å². The Morgan fingerprint density at radius 2 is 1.92 bits per heavy atom. The molecule has 0 unspecified atom stereocenters. The van der Waals surface area contributed by atoms with Gasteiger partial charge in [-0.05, 0) is 59.4 Å². The lowest BCUT2D eigenvalue weighted by Crippen LogP contribution is -2.43. The van der Waals surface area contributed by atoms with E-state index in [1.807, 2.05) is 20.8 Å². The number of carbonyl (C=O) groups is 1. The zero-order chi connectivity index (χ0) is 18.8. The fraction of sp³-hybridized carbons (Fsp3) is 0.706. The number of ether oxygens (including phenoxy) is 1. The monoisotopic (exact) mass is 372 g/mol. The first kappa shape index (κ1) is 19.8. The number of furan rings is 1. The van der Waals surface area contributed by atoms with E-state index < -0.39 is 15.6 Å². The van der Waals surface area contributed by atoms with Gasteiger partial charge in [0.05, 0.1) is 0 Å². The number of rotatable bonds is 4. The van der Waals surface area contributed by atoms with Gasteiger partial charge in [-0.1, -0.05) is 0 Å². The minimum atomic E-state index is -3.57. The van der Waals surface area contributed by atoms with Gasteiger partial charge in [0.1, 0.15) is 22.0 Å². The molecule has 1 aliphatic heterocycles. The number of likely N-dealkylation sites (tertiary alicyclic amines) is 1. The number of nitrogens with one attached hydrogen (secondary N) is 1. The van der Waals surface area contributed by atoms with Crippen LogP contribution in [-0.2, 0) is 14.8 Å². The molecule has 0 saturated carbocycles. The first-order valence-corrected chi connectivity index (χ1v) is 10.0. The Hall–Kier alpha value is -1.54. The van der Waals surface area contributed by atoms with Gasteiger partial charge in [0.15, 0.2) is 0 Å². The van der Waals surface area contributed by atoms with Crippen molar-refractivity contribution >= 4 is 16.1 Å². The summed E-state index contributed by atoms with van der Waals surface area (Å²) in [7, 11) is -3.57. The average molecular weight is 372 g/mol. The van der Waals surface area contributed by atoms with E-state index in [0.717, 1.165) is 12.8 Å². The predicted molar refractivity (Wildman–Crippen MR) is 93.9 cm³/mol. The molecule has 1 aromatic heterocycles. The van der Waals surface area contributed by atoms with Gasteiger partial charge in [-0.3, -0.25) is 0 Å². The number of piperidine rings is 1. The summed E-state index contributed by atoms with van der Waals surface area (Å²) in [5.41, 5.74) is -0.510. The lowest BCUT2D eigenvalue weighted by atomic mass is 9.97. The molecular formula is C17H28N2O5S. The van der Waals surface area contributed by atoms with Gasteiger partial charge in [0, 0.05) is 19.6 Å². The van der Waals surface area contributed by atoms with Crippen LogP contribution < -0.4 is 4.72 Å². The van der Waals surface area contributed by atoms with Gasteiger partial charge in [0.2, 0.25) is 10.0 Å². The van der Waals surface area contributed by atoms with E-state index >= 15 is 0 Å². The van der Waals surface area contributed by atoms with Gasteiger partial charge in [-0.15, -0.1) is 0 Å². The van der Waals surface area contributed by atoms with Crippen LogP contribution in [-0.4, -0.2) is 44.6 Å². The Balaban J connectivity index is 1.84. The zero-order valence-corrected chi connectivity index (χ0v) is 16.4. The molecule has 8 heteroatoms. The molecule has 7 nitrogen and oxygen atoms in total. The number of hydrogen-bond acceptors (Lipinski definition) is 5. The van der Waals surface area contributed by atoms with Crippen molar-refractivity contribution in [1.82, 2.24) is 9.62 Å². The molecule has 25 heavy (non-hydrogen) atoms. The van der Waals surface area contributed by atoms with E-state index in [9.17, 15) is 13.2 Å². The first-order chi connectivity index (χ1) is 11.5. The maximum atomic E-state index is 12.4. The van der Waals surface area contributed by atoms with Crippen LogP contribution in [0.25, 0.3) is 0 Å². The summed E-state index contributed by atoms with van der Waals surface area (Å²) < 4.78 is 38.1. The number of sulfonamides is 1. The summed E-state index contributed by atoms with van der Waals surface area (Å²) in [6, 6.07) is 1.53. The van der Waals surface area contributed by atoms with E-state index in [4.69, 9.17) is 9.15 Å². The normalized spacial score (nSPS) is 16.9. The summed E-state index contributed by atoms with van der Waals surface area (Å²) in [5, 5.41) is 0. The highest BCUT2D eigenvalue weighted by molar-refractivity contribution is 7.89. The Labute approximate surface area is 149 Å². The first-order valence-electron chi connectivity index (χ1n) is 8.52. The van der Waals surface area contributed by atoms with Crippen LogP contribution in [0, 0.1) is 19.8 Å². The second-order valence-corrected chi connectivity index (χ2v) is 9.28. The SMILES string of the molecule is Cc1cc(S(=O)(=O)NCC2CCN(C(=O)OC(C)(C)C)CC2)c(C)o1. The Bertz CT molecular complexity index is 710. The summed E-state index contributed by atoms with van der Waals surface area (Å²) in [6.45, 7) is 10.4. The summed E-state index contributed by atoms with van der Waals surface area (Å²) in [4.78, 5) is 13.9. The Kier molecular flexibility index (Phi) is 5.83. The third-order valence-corrected chi connectivity index (χ3v) is 5.64. The molecule has 0 atom stereocenters. The maximum Gasteiger partial charge on any atom is 0.410 e. The molecule has 0 aliphatic carbocycles. The summed E-state index contributed by atoms with van der Waals surface area (Å²) >= 11 is 0. The van der Waals surface area contributed by atoms with E-state index in [0.29, 0.717) is 31.2 Å². The summed E-state index contributed by atoms with van der Waals surface area (Å²) in [5.74, 6) is 1.16. The minimum absolute atomic E-state index is 0.191. The number of carbonyl (C=O) groups excluding carboxylic acids is 1. The van der Waals surface area contributed by atoms with Crippen molar-refractivity contribution in [2.75, 3.05) is 19.6 Å². The Morgan fingerprint density at radius 1 is 1.32 bits per heavy atom. The lowest BCUT2D eigenvalue weighted by molar-refractivity contribution is 0.0185. The summed E-state index contributed by atoms with van der Waals surface area (Å²) in [6.07, 6.45) is 1.17. The maximum absolute atomic E-state index is 12.4. The molecule has 1 aromatic rings. The third kappa shape index (κ3) is 5.47. The number of hydrogen-bond donors (Lipinski definition) is 1. The van der Waals surface area contributed by atoms with Crippen molar-refractivity contribution in [3.8, 4) is 0 Å². The third-order valence-electron chi connectivity index (χ3n) is 4.11. The molecule has 1 amide bonds. The van der Waals surface area contributed by atoms with Gasteiger partial charge in [-0.25, -0.2) is 17.9 Å². The van der Waals surface area contributed by atoms with E-state index in [2.05, 4.69) is 4.72 Å². The van der Waals surface area contributed by atoms with Crippen molar-refractivity contribution < 1.29 is 22.4 Å². The minimum Gasteiger partial charge on any atom is -0.465 e. The molecule has 0 radical (unpaired) electrons. The molecule has 2 rings (SSSR count).